The van der Waals surface area contributed by atoms with Crippen molar-refractivity contribution in [2.75, 3.05) is 7.11 Å². The zero-order chi connectivity index (χ0) is 19.2. The van der Waals surface area contributed by atoms with Gasteiger partial charge in [0, 0.05) is 19.1 Å². The number of hydrogen-bond donors (Lipinski definition) is 1. The maximum Gasteiger partial charge on any atom is 0.328 e. The summed E-state index contributed by atoms with van der Waals surface area (Å²) >= 11 is 0. The predicted molar refractivity (Wildman–Crippen MR) is 98.4 cm³/mol. The first-order valence-electron chi connectivity index (χ1n) is 8.80. The fraction of sp³-hybridized carbons (Fsp3) is 0.500. The molecule has 6 heteroatoms. The number of carbonyl (C=O) groups excluding carboxylic acids is 2. The Morgan fingerprint density at radius 2 is 2.08 bits per heavy atom. The fourth-order valence-corrected chi connectivity index (χ4v) is 3.48. The molecule has 0 aromatic heterocycles. The van der Waals surface area contributed by atoms with Crippen LogP contribution in [0.2, 0.25) is 0 Å². The number of nitrogens with one attached hydrogen (secondary N) is 1. The first-order valence-corrected chi connectivity index (χ1v) is 8.80. The zero-order valence-corrected chi connectivity index (χ0v) is 15.5. The minimum absolute atomic E-state index is 0.0747. The summed E-state index contributed by atoms with van der Waals surface area (Å²) in [6.45, 7) is 3.34. The lowest BCUT2D eigenvalue weighted by atomic mass is 9.79. The molecule has 0 bridgehead atoms. The van der Waals surface area contributed by atoms with E-state index in [4.69, 9.17) is 9.73 Å². The van der Waals surface area contributed by atoms with Crippen molar-refractivity contribution in [3.8, 4) is 6.07 Å². The smallest absolute Gasteiger partial charge is 0.328 e. The lowest BCUT2D eigenvalue weighted by Gasteiger charge is -2.27. The Morgan fingerprint density at radius 3 is 2.65 bits per heavy atom. The SMILES string of the molecule is COC(=O)C(C[C@@]1(C#N)CCCC1=NC(C)c1ccccc1)NC(C)=O. The molecular weight excluding hydrogens is 330 g/mol. The Hall–Kier alpha value is -2.68. The van der Waals surface area contributed by atoms with Gasteiger partial charge in [-0.15, -0.1) is 0 Å². The van der Waals surface area contributed by atoms with Gasteiger partial charge in [0.25, 0.3) is 0 Å². The molecule has 3 atom stereocenters. The second-order valence-electron chi connectivity index (χ2n) is 6.69. The number of aliphatic imine (C=N–C) groups is 1. The van der Waals surface area contributed by atoms with Crippen LogP contribution in [0.25, 0.3) is 0 Å². The summed E-state index contributed by atoms with van der Waals surface area (Å²) in [5, 5.41) is 12.5. The highest BCUT2D eigenvalue weighted by Gasteiger charge is 2.44. The van der Waals surface area contributed by atoms with Crippen molar-refractivity contribution in [3.05, 3.63) is 35.9 Å². The molecule has 0 spiro atoms. The van der Waals surface area contributed by atoms with Crippen molar-refractivity contribution in [1.82, 2.24) is 5.32 Å². The third-order valence-electron chi connectivity index (χ3n) is 4.83. The van der Waals surface area contributed by atoms with E-state index >= 15 is 0 Å². The van der Waals surface area contributed by atoms with Crippen LogP contribution >= 0.6 is 0 Å². The minimum atomic E-state index is -0.857. The number of hydrogen-bond acceptors (Lipinski definition) is 5. The second kappa shape index (κ2) is 8.61. The number of nitrogens with zero attached hydrogens (tertiary/aromatic N) is 2. The molecule has 1 saturated carbocycles. The average Bonchev–Trinajstić information content (AvgIpc) is 3.03. The minimum Gasteiger partial charge on any atom is -0.467 e. The van der Waals surface area contributed by atoms with Gasteiger partial charge in [-0.2, -0.15) is 5.26 Å². The molecule has 2 rings (SSSR count). The molecule has 0 saturated heterocycles. The highest BCUT2D eigenvalue weighted by molar-refractivity contribution is 5.95. The Balaban J connectivity index is 2.29. The summed E-state index contributed by atoms with van der Waals surface area (Å²) in [5.41, 5.74) is 1.02. The molecular formula is C20H25N3O3. The van der Waals surface area contributed by atoms with E-state index in [2.05, 4.69) is 11.4 Å². The van der Waals surface area contributed by atoms with E-state index < -0.39 is 17.4 Å². The van der Waals surface area contributed by atoms with Gasteiger partial charge >= 0.3 is 5.97 Å². The molecule has 0 heterocycles. The number of methoxy groups -OCH3 is 1. The quantitative estimate of drug-likeness (QED) is 0.794. The number of nitriles is 1. The molecule has 0 radical (unpaired) electrons. The van der Waals surface area contributed by atoms with E-state index in [1.807, 2.05) is 37.3 Å². The number of benzene rings is 1. The zero-order valence-electron chi connectivity index (χ0n) is 15.5. The third-order valence-corrected chi connectivity index (χ3v) is 4.83. The average molecular weight is 355 g/mol. The van der Waals surface area contributed by atoms with Crippen molar-refractivity contribution < 1.29 is 14.3 Å². The fourth-order valence-electron chi connectivity index (χ4n) is 3.48. The van der Waals surface area contributed by atoms with Crippen molar-refractivity contribution >= 4 is 17.6 Å². The van der Waals surface area contributed by atoms with Gasteiger partial charge in [-0.05, 0) is 31.7 Å². The number of ether oxygens (including phenoxy) is 1. The number of rotatable bonds is 6. The van der Waals surface area contributed by atoms with Gasteiger partial charge in [0.2, 0.25) is 5.91 Å². The van der Waals surface area contributed by atoms with Crippen molar-refractivity contribution in [2.24, 2.45) is 10.4 Å². The predicted octanol–water partition coefficient (Wildman–Crippen LogP) is 2.95. The summed E-state index contributed by atoms with van der Waals surface area (Å²) in [6, 6.07) is 11.3. The van der Waals surface area contributed by atoms with Crippen LogP contribution < -0.4 is 5.32 Å². The van der Waals surface area contributed by atoms with Gasteiger partial charge in [0.15, 0.2) is 0 Å². The maximum absolute atomic E-state index is 12.1. The maximum atomic E-state index is 12.1. The molecule has 26 heavy (non-hydrogen) atoms. The molecule has 1 aliphatic rings. The van der Waals surface area contributed by atoms with Gasteiger partial charge in [0.1, 0.15) is 6.04 Å². The van der Waals surface area contributed by atoms with Crippen molar-refractivity contribution in [1.29, 1.82) is 5.26 Å². The Morgan fingerprint density at radius 1 is 1.38 bits per heavy atom. The normalized spacial score (nSPS) is 23.1. The lowest BCUT2D eigenvalue weighted by Crippen LogP contribution is -2.45. The highest BCUT2D eigenvalue weighted by atomic mass is 16.5. The van der Waals surface area contributed by atoms with E-state index in [1.54, 1.807) is 0 Å². The van der Waals surface area contributed by atoms with Gasteiger partial charge in [-0.1, -0.05) is 30.3 Å². The second-order valence-corrected chi connectivity index (χ2v) is 6.69. The Labute approximate surface area is 154 Å². The van der Waals surface area contributed by atoms with Crippen LogP contribution in [0.3, 0.4) is 0 Å². The van der Waals surface area contributed by atoms with E-state index in [0.717, 1.165) is 24.1 Å². The number of carbonyl (C=O) groups is 2. The van der Waals surface area contributed by atoms with Crippen LogP contribution in [0.5, 0.6) is 0 Å². The van der Waals surface area contributed by atoms with Crippen LogP contribution in [0.1, 0.15) is 51.1 Å². The van der Waals surface area contributed by atoms with E-state index in [-0.39, 0.29) is 18.4 Å². The molecule has 1 aromatic carbocycles. The van der Waals surface area contributed by atoms with Gasteiger partial charge < -0.3 is 10.1 Å². The summed E-state index contributed by atoms with van der Waals surface area (Å²) in [4.78, 5) is 28.3. The summed E-state index contributed by atoms with van der Waals surface area (Å²) in [6.07, 6.45) is 2.35. The molecule has 1 fully saturated rings. The van der Waals surface area contributed by atoms with E-state index in [0.29, 0.717) is 6.42 Å². The first-order chi connectivity index (χ1) is 12.4. The molecule has 2 unspecified atom stereocenters. The van der Waals surface area contributed by atoms with Crippen LogP contribution in [0.15, 0.2) is 35.3 Å². The largest absolute Gasteiger partial charge is 0.467 e. The molecule has 1 aliphatic carbocycles. The van der Waals surface area contributed by atoms with Crippen molar-refractivity contribution in [2.45, 2.75) is 51.6 Å². The number of amides is 1. The van der Waals surface area contributed by atoms with E-state index in [1.165, 1.54) is 14.0 Å². The molecule has 138 valence electrons. The van der Waals surface area contributed by atoms with Gasteiger partial charge in [-0.25, -0.2) is 4.79 Å². The molecule has 1 aromatic rings. The Bertz CT molecular complexity index is 724. The number of esters is 1. The van der Waals surface area contributed by atoms with Crippen LogP contribution in [-0.2, 0) is 14.3 Å². The lowest BCUT2D eigenvalue weighted by molar-refractivity contribution is -0.145. The summed E-state index contributed by atoms with van der Waals surface area (Å²) in [5.74, 6) is -0.875. The first kappa shape index (κ1) is 19.6. The van der Waals surface area contributed by atoms with Crippen LogP contribution in [0.4, 0.5) is 0 Å². The van der Waals surface area contributed by atoms with Gasteiger partial charge in [-0.3, -0.25) is 9.79 Å². The van der Waals surface area contributed by atoms with Crippen LogP contribution in [0, 0.1) is 16.7 Å². The van der Waals surface area contributed by atoms with E-state index in [9.17, 15) is 14.9 Å². The summed E-state index contributed by atoms with van der Waals surface area (Å²) in [7, 11) is 1.28. The summed E-state index contributed by atoms with van der Waals surface area (Å²) < 4.78 is 4.80. The topological polar surface area (TPSA) is 91.6 Å². The molecule has 1 amide bonds. The molecule has 6 nitrogen and oxygen atoms in total. The standard InChI is InChI=1S/C20H25N3O3/c1-14(16-8-5-4-6-9-16)22-18-10-7-11-20(18,13-21)12-17(19(25)26-3)23-15(2)24/h4-6,8-9,14,17H,7,10-12H2,1-3H3,(H,23,24)/t14?,17?,20-/m1/s1. The molecule has 1 N–H and O–H groups in total. The van der Waals surface area contributed by atoms with Crippen LogP contribution in [-0.4, -0.2) is 30.7 Å². The highest BCUT2D eigenvalue weighted by Crippen LogP contribution is 2.41. The molecule has 0 aliphatic heterocycles. The van der Waals surface area contributed by atoms with Crippen molar-refractivity contribution in [3.63, 3.8) is 0 Å². The monoisotopic (exact) mass is 355 g/mol. The van der Waals surface area contributed by atoms with Gasteiger partial charge in [0.05, 0.1) is 24.6 Å². The Kier molecular flexibility index (Phi) is 6.51. The third kappa shape index (κ3) is 4.48.